The van der Waals surface area contributed by atoms with Crippen molar-refractivity contribution < 1.29 is 4.58 Å². The fraction of sp³-hybridized carbons (Fsp3) is 0.824. The summed E-state index contributed by atoms with van der Waals surface area (Å²) < 4.78 is 2.53. The first kappa shape index (κ1) is 15.7. The van der Waals surface area contributed by atoms with Crippen molar-refractivity contribution in [3.05, 3.63) is 11.8 Å². The first-order valence-corrected chi connectivity index (χ1v) is 8.67. The molecule has 0 aromatic heterocycles. The van der Waals surface area contributed by atoms with Crippen LogP contribution in [0.1, 0.15) is 57.8 Å². The maximum atomic E-state index is 3.50. The summed E-state index contributed by atoms with van der Waals surface area (Å²) in [5.74, 6) is 0. The zero-order valence-electron chi connectivity index (χ0n) is 13.0. The van der Waals surface area contributed by atoms with Crippen molar-refractivity contribution in [2.45, 2.75) is 57.8 Å². The minimum absolute atomic E-state index is 0.999. The van der Waals surface area contributed by atoms with Gasteiger partial charge in [0.1, 0.15) is 6.54 Å². The van der Waals surface area contributed by atoms with Crippen molar-refractivity contribution in [3.63, 3.8) is 0 Å². The predicted molar refractivity (Wildman–Crippen MR) is 86.6 cm³/mol. The molecule has 1 aliphatic carbocycles. The molecule has 0 spiro atoms. The van der Waals surface area contributed by atoms with Crippen LogP contribution in [0.5, 0.6) is 0 Å². The van der Waals surface area contributed by atoms with Crippen LogP contribution in [0.3, 0.4) is 0 Å². The van der Waals surface area contributed by atoms with Crippen LogP contribution >= 0.6 is 0 Å². The quantitative estimate of drug-likeness (QED) is 0.722. The molecule has 0 fully saturated rings. The van der Waals surface area contributed by atoms with E-state index in [9.17, 15) is 0 Å². The normalized spacial score (nSPS) is 24.4. The number of hydrogen-bond acceptors (Lipinski definition) is 2. The van der Waals surface area contributed by atoms with Gasteiger partial charge in [0.15, 0.2) is 11.9 Å². The summed E-state index contributed by atoms with van der Waals surface area (Å²) >= 11 is 0. The molecule has 1 heterocycles. The lowest BCUT2D eigenvalue weighted by Crippen LogP contribution is -2.33. The van der Waals surface area contributed by atoms with E-state index < -0.39 is 0 Å². The highest BCUT2D eigenvalue weighted by molar-refractivity contribution is 5.54. The maximum Gasteiger partial charge on any atom is 0.177 e. The molecule has 0 aromatic carbocycles. The molecule has 0 unspecified atom stereocenters. The summed E-state index contributed by atoms with van der Waals surface area (Å²) in [5, 5.41) is 6.98. The standard InChI is InChI=1S/C17H32N3/c1-2-4-6-9-17(10-7-5-3-1)20-15-8-11-18-12-13-19-14-16-20/h9,16,18-19H,1-8,10-15H2/q+1. The van der Waals surface area contributed by atoms with Crippen molar-refractivity contribution >= 4 is 6.21 Å². The Kier molecular flexibility index (Phi) is 7.95. The summed E-state index contributed by atoms with van der Waals surface area (Å²) in [6.07, 6.45) is 17.1. The Morgan fingerprint density at radius 2 is 1.60 bits per heavy atom. The number of rotatable bonds is 1. The molecule has 0 saturated heterocycles. The predicted octanol–water partition coefficient (Wildman–Crippen LogP) is 2.67. The van der Waals surface area contributed by atoms with Gasteiger partial charge in [0.2, 0.25) is 0 Å². The van der Waals surface area contributed by atoms with Crippen molar-refractivity contribution in [1.82, 2.24) is 10.6 Å². The average molecular weight is 278 g/mol. The minimum atomic E-state index is 0.999. The van der Waals surface area contributed by atoms with E-state index in [1.165, 1.54) is 64.3 Å². The van der Waals surface area contributed by atoms with Crippen LogP contribution in [0.15, 0.2) is 11.8 Å². The molecule has 0 radical (unpaired) electrons. The molecule has 0 bridgehead atoms. The Balaban J connectivity index is 1.98. The van der Waals surface area contributed by atoms with Gasteiger partial charge in [0, 0.05) is 32.5 Å². The lowest BCUT2D eigenvalue weighted by atomic mass is 10.0. The number of nitrogens with zero attached hydrogens (tertiary/aromatic N) is 1. The third-order valence-corrected chi connectivity index (χ3v) is 4.32. The van der Waals surface area contributed by atoms with Gasteiger partial charge in [-0.2, -0.15) is 0 Å². The second-order valence-electron chi connectivity index (χ2n) is 6.04. The van der Waals surface area contributed by atoms with Crippen LogP contribution in [0.4, 0.5) is 0 Å². The summed E-state index contributed by atoms with van der Waals surface area (Å²) in [4.78, 5) is 0. The molecule has 114 valence electrons. The van der Waals surface area contributed by atoms with Crippen LogP contribution < -0.4 is 10.6 Å². The van der Waals surface area contributed by atoms with E-state index in [1.54, 1.807) is 5.70 Å². The van der Waals surface area contributed by atoms with E-state index in [-0.39, 0.29) is 0 Å². The van der Waals surface area contributed by atoms with Gasteiger partial charge in [0.05, 0.1) is 6.54 Å². The van der Waals surface area contributed by atoms with Gasteiger partial charge >= 0.3 is 0 Å². The fourth-order valence-electron chi connectivity index (χ4n) is 3.09. The fourth-order valence-corrected chi connectivity index (χ4v) is 3.09. The van der Waals surface area contributed by atoms with Gasteiger partial charge in [0.25, 0.3) is 0 Å². The summed E-state index contributed by atoms with van der Waals surface area (Å²) in [6, 6.07) is 0. The van der Waals surface area contributed by atoms with Crippen molar-refractivity contribution in [1.29, 1.82) is 0 Å². The van der Waals surface area contributed by atoms with Crippen LogP contribution in [0, 0.1) is 0 Å². The highest BCUT2D eigenvalue weighted by Crippen LogP contribution is 2.17. The molecule has 2 aliphatic rings. The smallest absolute Gasteiger partial charge is 0.177 e. The maximum absolute atomic E-state index is 3.50. The molecule has 0 amide bonds. The van der Waals surface area contributed by atoms with E-state index in [2.05, 4.69) is 27.5 Å². The Morgan fingerprint density at radius 1 is 0.800 bits per heavy atom. The Morgan fingerprint density at radius 3 is 2.55 bits per heavy atom. The van der Waals surface area contributed by atoms with Gasteiger partial charge in [-0.15, -0.1) is 0 Å². The SMILES string of the molecule is C1=C([N+]2=CCNCCNCCC2)CCCCCCCC1. The van der Waals surface area contributed by atoms with Gasteiger partial charge in [-0.1, -0.05) is 25.7 Å². The molecular weight excluding hydrogens is 246 g/mol. The van der Waals surface area contributed by atoms with Crippen molar-refractivity contribution in [2.24, 2.45) is 0 Å². The average Bonchev–Trinajstić information content (AvgIpc) is 2.50. The molecule has 0 saturated carbocycles. The molecule has 20 heavy (non-hydrogen) atoms. The van der Waals surface area contributed by atoms with Gasteiger partial charge in [-0.05, 0) is 25.3 Å². The monoisotopic (exact) mass is 278 g/mol. The van der Waals surface area contributed by atoms with Crippen molar-refractivity contribution in [2.75, 3.05) is 32.7 Å². The molecule has 0 aromatic rings. The topological polar surface area (TPSA) is 27.1 Å². The summed E-state index contributed by atoms with van der Waals surface area (Å²) in [6.45, 7) is 5.47. The van der Waals surface area contributed by atoms with Gasteiger partial charge in [-0.25, -0.2) is 4.58 Å². The van der Waals surface area contributed by atoms with E-state index in [1.807, 2.05) is 0 Å². The summed E-state index contributed by atoms with van der Waals surface area (Å²) in [7, 11) is 0. The molecule has 1 aliphatic heterocycles. The van der Waals surface area contributed by atoms with Crippen LogP contribution in [0.25, 0.3) is 0 Å². The van der Waals surface area contributed by atoms with E-state index in [0.29, 0.717) is 0 Å². The molecule has 3 heteroatoms. The zero-order chi connectivity index (χ0) is 13.9. The van der Waals surface area contributed by atoms with E-state index in [4.69, 9.17) is 0 Å². The molecule has 2 rings (SSSR count). The van der Waals surface area contributed by atoms with Gasteiger partial charge in [-0.3, -0.25) is 0 Å². The largest absolute Gasteiger partial charge is 0.315 e. The lowest BCUT2D eigenvalue weighted by molar-refractivity contribution is -0.476. The number of hydrogen-bond donors (Lipinski definition) is 2. The number of nitrogens with one attached hydrogen (secondary N) is 2. The minimum Gasteiger partial charge on any atom is -0.315 e. The Hall–Kier alpha value is -0.670. The van der Waals surface area contributed by atoms with Gasteiger partial charge < -0.3 is 10.6 Å². The zero-order valence-corrected chi connectivity index (χ0v) is 13.0. The molecular formula is C17H32N3+. The molecule has 2 N–H and O–H groups in total. The number of allylic oxidation sites excluding steroid dienone is 2. The Bertz CT molecular complexity index is 288. The summed E-state index contributed by atoms with van der Waals surface area (Å²) in [5.41, 5.74) is 1.58. The van der Waals surface area contributed by atoms with Crippen LogP contribution in [-0.4, -0.2) is 43.5 Å². The third kappa shape index (κ3) is 6.19. The van der Waals surface area contributed by atoms with Crippen LogP contribution in [0.2, 0.25) is 0 Å². The Labute approximate surface area is 124 Å². The second-order valence-corrected chi connectivity index (χ2v) is 6.04. The second kappa shape index (κ2) is 10.1. The van der Waals surface area contributed by atoms with Crippen LogP contribution in [-0.2, 0) is 0 Å². The lowest BCUT2D eigenvalue weighted by Gasteiger charge is -2.12. The first-order chi connectivity index (χ1) is 9.97. The van der Waals surface area contributed by atoms with Crippen molar-refractivity contribution in [3.8, 4) is 0 Å². The van der Waals surface area contributed by atoms with E-state index in [0.717, 1.165) is 26.2 Å². The first-order valence-electron chi connectivity index (χ1n) is 8.67. The highest BCUT2D eigenvalue weighted by atomic mass is 15.0. The van der Waals surface area contributed by atoms with E-state index >= 15 is 0 Å². The third-order valence-electron chi connectivity index (χ3n) is 4.32. The molecule has 3 nitrogen and oxygen atoms in total. The highest BCUT2D eigenvalue weighted by Gasteiger charge is 2.13. The molecule has 0 atom stereocenters.